The minimum Gasteiger partial charge on any atom is -0.359 e. The maximum Gasteiger partial charge on any atom is 0.220 e. The van der Waals surface area contributed by atoms with E-state index in [4.69, 9.17) is 0 Å². The molecule has 1 atom stereocenters. The lowest BCUT2D eigenvalue weighted by Gasteiger charge is -2.09. The van der Waals surface area contributed by atoms with Crippen LogP contribution >= 0.6 is 11.3 Å². The van der Waals surface area contributed by atoms with Gasteiger partial charge in [-0.25, -0.2) is 4.98 Å². The maximum absolute atomic E-state index is 11.1. The lowest BCUT2D eigenvalue weighted by Crippen LogP contribution is -2.31. The molecule has 1 fully saturated rings. The van der Waals surface area contributed by atoms with E-state index in [9.17, 15) is 4.79 Å². The first-order chi connectivity index (χ1) is 8.72. The molecule has 3 rings (SSSR count). The third kappa shape index (κ3) is 2.18. The lowest BCUT2D eigenvalue weighted by atomic mass is 10.2. The van der Waals surface area contributed by atoms with E-state index in [1.54, 1.807) is 11.3 Å². The van der Waals surface area contributed by atoms with Gasteiger partial charge in [0, 0.05) is 19.0 Å². The molecule has 94 valence electrons. The molecule has 18 heavy (non-hydrogen) atoms. The number of benzene rings is 1. The predicted octanol–water partition coefficient (Wildman–Crippen LogP) is 2.30. The summed E-state index contributed by atoms with van der Waals surface area (Å²) in [5.74, 6) is 0.155. The van der Waals surface area contributed by atoms with E-state index in [1.165, 1.54) is 10.3 Å². The predicted molar refractivity (Wildman–Crippen MR) is 74.0 cm³/mol. The van der Waals surface area contributed by atoms with Gasteiger partial charge in [-0.1, -0.05) is 23.5 Å². The van der Waals surface area contributed by atoms with Gasteiger partial charge < -0.3 is 10.6 Å². The first-order valence-electron chi connectivity index (χ1n) is 6.12. The number of rotatable bonds is 3. The molecule has 1 aromatic heterocycles. The number of carbonyl (C=O) groups excluding carboxylic acids is 1. The Hall–Kier alpha value is -1.62. The second kappa shape index (κ2) is 4.57. The van der Waals surface area contributed by atoms with E-state index in [2.05, 4.69) is 40.7 Å². The van der Waals surface area contributed by atoms with E-state index in [-0.39, 0.29) is 11.9 Å². The van der Waals surface area contributed by atoms with E-state index in [0.29, 0.717) is 6.42 Å². The highest BCUT2D eigenvalue weighted by Crippen LogP contribution is 2.27. The van der Waals surface area contributed by atoms with Crippen LogP contribution in [-0.2, 0) is 4.79 Å². The minimum atomic E-state index is 0.155. The fraction of sp³-hybridized carbons (Fsp3) is 0.385. The Bertz CT molecular complexity index is 593. The average molecular weight is 261 g/mol. The van der Waals surface area contributed by atoms with Crippen molar-refractivity contribution in [3.8, 4) is 0 Å². The summed E-state index contributed by atoms with van der Waals surface area (Å²) in [6, 6.07) is 6.45. The van der Waals surface area contributed by atoms with Crippen molar-refractivity contribution in [1.29, 1.82) is 0 Å². The number of para-hydroxylation sites is 1. The van der Waals surface area contributed by atoms with Crippen LogP contribution in [-0.4, -0.2) is 23.5 Å². The van der Waals surface area contributed by atoms with Crippen molar-refractivity contribution in [3.63, 3.8) is 0 Å². The average Bonchev–Trinajstić information content (AvgIpc) is 2.93. The summed E-state index contributed by atoms with van der Waals surface area (Å²) in [7, 11) is 0. The number of thiazole rings is 1. The van der Waals surface area contributed by atoms with Crippen molar-refractivity contribution in [2.75, 3.05) is 11.9 Å². The van der Waals surface area contributed by atoms with Crippen molar-refractivity contribution >= 4 is 32.6 Å². The Morgan fingerprint density at radius 3 is 3.17 bits per heavy atom. The number of aryl methyl sites for hydroxylation is 1. The number of anilines is 1. The zero-order chi connectivity index (χ0) is 12.5. The SMILES string of the molecule is Cc1cccc2sc(NCC3CCC(=O)N3)nc12. The smallest absolute Gasteiger partial charge is 0.220 e. The summed E-state index contributed by atoms with van der Waals surface area (Å²) in [4.78, 5) is 15.7. The van der Waals surface area contributed by atoms with Crippen LogP contribution in [0.1, 0.15) is 18.4 Å². The molecule has 2 heterocycles. The summed E-state index contributed by atoms with van der Waals surface area (Å²) in [6.45, 7) is 2.83. The van der Waals surface area contributed by atoms with Gasteiger partial charge in [0.15, 0.2) is 5.13 Å². The molecule has 2 N–H and O–H groups in total. The molecule has 1 aromatic carbocycles. The molecular formula is C13H15N3OS. The normalized spacial score (nSPS) is 19.2. The molecule has 0 bridgehead atoms. The Morgan fingerprint density at radius 2 is 2.44 bits per heavy atom. The number of amides is 1. The third-order valence-electron chi connectivity index (χ3n) is 3.21. The molecule has 0 aliphatic carbocycles. The highest BCUT2D eigenvalue weighted by Gasteiger charge is 2.20. The van der Waals surface area contributed by atoms with Gasteiger partial charge in [-0.3, -0.25) is 4.79 Å². The van der Waals surface area contributed by atoms with Gasteiger partial charge in [-0.15, -0.1) is 0 Å². The molecule has 0 spiro atoms. The van der Waals surface area contributed by atoms with Crippen LogP contribution < -0.4 is 10.6 Å². The second-order valence-corrected chi connectivity index (χ2v) is 5.66. The van der Waals surface area contributed by atoms with E-state index in [0.717, 1.165) is 23.6 Å². The van der Waals surface area contributed by atoms with Gasteiger partial charge >= 0.3 is 0 Å². The van der Waals surface area contributed by atoms with E-state index < -0.39 is 0 Å². The molecule has 0 saturated carbocycles. The molecule has 2 aromatic rings. The Kier molecular flexibility index (Phi) is 2.91. The molecule has 4 nitrogen and oxygen atoms in total. The molecule has 1 aliphatic rings. The number of aromatic nitrogens is 1. The second-order valence-electron chi connectivity index (χ2n) is 4.62. The highest BCUT2D eigenvalue weighted by atomic mass is 32.1. The Labute approximate surface area is 109 Å². The Morgan fingerprint density at radius 1 is 1.56 bits per heavy atom. The topological polar surface area (TPSA) is 54.0 Å². The van der Waals surface area contributed by atoms with Crippen LogP contribution in [0.3, 0.4) is 0 Å². The zero-order valence-corrected chi connectivity index (χ0v) is 11.0. The highest BCUT2D eigenvalue weighted by molar-refractivity contribution is 7.22. The standard InChI is InChI=1S/C13H15N3OS/c1-8-3-2-4-10-12(8)16-13(18-10)14-7-9-5-6-11(17)15-9/h2-4,9H,5-7H2,1H3,(H,14,16)(H,15,17). The number of hydrogen-bond donors (Lipinski definition) is 2. The van der Waals surface area contributed by atoms with Crippen molar-refractivity contribution in [2.24, 2.45) is 0 Å². The summed E-state index contributed by atoms with van der Waals surface area (Å²) in [5, 5.41) is 7.19. The summed E-state index contributed by atoms with van der Waals surface area (Å²) < 4.78 is 1.20. The third-order valence-corrected chi connectivity index (χ3v) is 4.18. The first-order valence-corrected chi connectivity index (χ1v) is 6.93. The largest absolute Gasteiger partial charge is 0.359 e. The maximum atomic E-state index is 11.1. The van der Waals surface area contributed by atoms with E-state index in [1.807, 2.05) is 0 Å². The van der Waals surface area contributed by atoms with Crippen LogP contribution in [0.15, 0.2) is 18.2 Å². The van der Waals surface area contributed by atoms with E-state index >= 15 is 0 Å². The number of carbonyl (C=O) groups is 1. The van der Waals surface area contributed by atoms with Crippen molar-refractivity contribution in [2.45, 2.75) is 25.8 Å². The number of hydrogen-bond acceptors (Lipinski definition) is 4. The lowest BCUT2D eigenvalue weighted by molar-refractivity contribution is -0.119. The van der Waals surface area contributed by atoms with Crippen LogP contribution in [0, 0.1) is 6.92 Å². The van der Waals surface area contributed by atoms with Crippen molar-refractivity contribution in [1.82, 2.24) is 10.3 Å². The first kappa shape index (κ1) is 11.5. The summed E-state index contributed by atoms with van der Waals surface area (Å²) >= 11 is 1.66. The van der Waals surface area contributed by atoms with Gasteiger partial charge in [0.05, 0.1) is 10.2 Å². The quantitative estimate of drug-likeness (QED) is 0.891. The molecule has 0 radical (unpaired) electrons. The van der Waals surface area contributed by atoms with Gasteiger partial charge in [0.25, 0.3) is 0 Å². The Balaban J connectivity index is 1.71. The molecule has 1 amide bonds. The molecule has 1 saturated heterocycles. The van der Waals surface area contributed by atoms with Gasteiger partial charge in [-0.2, -0.15) is 0 Å². The van der Waals surface area contributed by atoms with Gasteiger partial charge in [0.1, 0.15) is 0 Å². The van der Waals surface area contributed by atoms with Crippen LogP contribution in [0.2, 0.25) is 0 Å². The number of nitrogens with zero attached hydrogens (tertiary/aromatic N) is 1. The van der Waals surface area contributed by atoms with Crippen molar-refractivity contribution in [3.05, 3.63) is 23.8 Å². The number of fused-ring (bicyclic) bond motifs is 1. The number of nitrogens with one attached hydrogen (secondary N) is 2. The minimum absolute atomic E-state index is 0.155. The van der Waals surface area contributed by atoms with Crippen LogP contribution in [0.4, 0.5) is 5.13 Å². The fourth-order valence-corrected chi connectivity index (χ4v) is 3.15. The molecule has 1 aliphatic heterocycles. The fourth-order valence-electron chi connectivity index (χ4n) is 2.20. The molecule has 1 unspecified atom stereocenters. The van der Waals surface area contributed by atoms with Crippen LogP contribution in [0.25, 0.3) is 10.2 Å². The summed E-state index contributed by atoms with van der Waals surface area (Å²) in [6.07, 6.45) is 1.56. The van der Waals surface area contributed by atoms with Gasteiger partial charge in [-0.05, 0) is 25.0 Å². The molecular weight excluding hydrogens is 246 g/mol. The molecule has 5 heteroatoms. The summed E-state index contributed by atoms with van der Waals surface area (Å²) in [5.41, 5.74) is 2.27. The van der Waals surface area contributed by atoms with Crippen molar-refractivity contribution < 1.29 is 4.79 Å². The monoisotopic (exact) mass is 261 g/mol. The van der Waals surface area contributed by atoms with Crippen LogP contribution in [0.5, 0.6) is 0 Å². The zero-order valence-electron chi connectivity index (χ0n) is 10.2. The van der Waals surface area contributed by atoms with Gasteiger partial charge in [0.2, 0.25) is 5.91 Å².